The Morgan fingerprint density at radius 1 is 0.778 bits per heavy atom. The Bertz CT molecular complexity index is 814. The fourth-order valence-electron chi connectivity index (χ4n) is 3.09. The van der Waals surface area contributed by atoms with Gasteiger partial charge in [0.1, 0.15) is 5.75 Å². The van der Waals surface area contributed by atoms with Crippen LogP contribution < -0.4 is 0 Å². The molecule has 1 unspecified atom stereocenters. The lowest BCUT2D eigenvalue weighted by molar-refractivity contribution is 0.403. The Labute approximate surface area is 163 Å². The highest BCUT2D eigenvalue weighted by Gasteiger charge is 2.26. The molecule has 2 aromatic carbocycles. The zero-order valence-electron chi connectivity index (χ0n) is 17.5. The lowest BCUT2D eigenvalue weighted by Crippen LogP contribution is -2.17. The number of rotatable bonds is 3. The quantitative estimate of drug-likeness (QED) is 0.564. The van der Waals surface area contributed by atoms with Crippen LogP contribution in [-0.4, -0.2) is 15.3 Å². The van der Waals surface area contributed by atoms with E-state index < -0.39 is 0 Å². The van der Waals surface area contributed by atoms with Crippen molar-refractivity contribution < 1.29 is 15.3 Å². The maximum absolute atomic E-state index is 10.8. The number of phenolic OH excluding ortho intramolecular Hbond substituents is 3. The number of aromatic hydroxyl groups is 3. The second-order valence-electron chi connectivity index (χ2n) is 9.36. The predicted molar refractivity (Wildman–Crippen MR) is 113 cm³/mol. The molecule has 0 bridgehead atoms. The van der Waals surface area contributed by atoms with Crippen molar-refractivity contribution in [3.05, 3.63) is 58.7 Å². The maximum atomic E-state index is 10.8. The first-order valence-corrected chi connectivity index (χ1v) is 9.38. The van der Waals surface area contributed by atoms with E-state index in [9.17, 15) is 15.3 Å². The number of hydrogen-bond acceptors (Lipinski definition) is 3. The minimum absolute atomic E-state index is 0.0708. The van der Waals surface area contributed by atoms with E-state index in [0.717, 1.165) is 22.3 Å². The number of hydrogen-bond donors (Lipinski definition) is 3. The van der Waals surface area contributed by atoms with Crippen molar-refractivity contribution in [1.82, 2.24) is 0 Å². The summed E-state index contributed by atoms with van der Waals surface area (Å²) in [6, 6.07) is 8.99. The first kappa shape index (κ1) is 20.9. The highest BCUT2D eigenvalue weighted by Crippen LogP contribution is 2.40. The summed E-state index contributed by atoms with van der Waals surface area (Å²) in [7, 11) is 0. The second-order valence-corrected chi connectivity index (χ2v) is 9.36. The average Bonchev–Trinajstić information content (AvgIpc) is 2.53. The smallest absolute Gasteiger partial charge is 0.157 e. The van der Waals surface area contributed by atoms with Crippen LogP contribution in [0.4, 0.5) is 0 Å². The van der Waals surface area contributed by atoms with Gasteiger partial charge in [0.05, 0.1) is 0 Å². The van der Waals surface area contributed by atoms with Crippen LogP contribution in [0.1, 0.15) is 76.6 Å². The molecule has 3 nitrogen and oxygen atoms in total. The molecule has 0 aliphatic rings. The summed E-state index contributed by atoms with van der Waals surface area (Å²) >= 11 is 0. The Balaban J connectivity index is 2.45. The van der Waals surface area contributed by atoms with E-state index in [2.05, 4.69) is 53.7 Å². The van der Waals surface area contributed by atoms with Gasteiger partial charge in [-0.3, -0.25) is 0 Å². The minimum atomic E-state index is -0.164. The second kappa shape index (κ2) is 7.30. The molecule has 0 heterocycles. The first-order valence-electron chi connectivity index (χ1n) is 9.38. The van der Waals surface area contributed by atoms with E-state index >= 15 is 0 Å². The van der Waals surface area contributed by atoms with Crippen LogP contribution in [0, 0.1) is 0 Å². The van der Waals surface area contributed by atoms with Crippen LogP contribution in [0.5, 0.6) is 17.2 Å². The molecule has 0 amide bonds. The minimum Gasteiger partial charge on any atom is -0.507 e. The number of phenols is 3. The molecule has 0 saturated heterocycles. The molecule has 0 radical (unpaired) electrons. The third-order valence-corrected chi connectivity index (χ3v) is 4.85. The van der Waals surface area contributed by atoms with Gasteiger partial charge in [0.25, 0.3) is 0 Å². The molecule has 0 spiro atoms. The molecule has 2 aromatic rings. The van der Waals surface area contributed by atoms with Crippen molar-refractivity contribution in [3.63, 3.8) is 0 Å². The van der Waals surface area contributed by atoms with Gasteiger partial charge in [-0.1, -0.05) is 66.7 Å². The van der Waals surface area contributed by atoms with Crippen molar-refractivity contribution in [2.45, 2.75) is 65.2 Å². The fourth-order valence-corrected chi connectivity index (χ4v) is 3.09. The van der Waals surface area contributed by atoms with Crippen LogP contribution >= 0.6 is 0 Å². The molecule has 146 valence electrons. The van der Waals surface area contributed by atoms with Gasteiger partial charge in [0.15, 0.2) is 11.5 Å². The molecule has 27 heavy (non-hydrogen) atoms. The molecule has 0 aliphatic carbocycles. The van der Waals surface area contributed by atoms with Crippen molar-refractivity contribution in [2.75, 3.05) is 0 Å². The lowest BCUT2D eigenvalue weighted by Gasteiger charge is -2.28. The Morgan fingerprint density at radius 3 is 1.74 bits per heavy atom. The largest absolute Gasteiger partial charge is 0.507 e. The first-order chi connectivity index (χ1) is 12.3. The van der Waals surface area contributed by atoms with Crippen LogP contribution in [0.2, 0.25) is 0 Å². The van der Waals surface area contributed by atoms with E-state index in [0.29, 0.717) is 5.75 Å². The Morgan fingerprint density at radius 2 is 1.30 bits per heavy atom. The zero-order valence-corrected chi connectivity index (χ0v) is 17.5. The highest BCUT2D eigenvalue weighted by molar-refractivity contribution is 5.60. The van der Waals surface area contributed by atoms with Crippen LogP contribution in [0.15, 0.2) is 36.4 Å². The topological polar surface area (TPSA) is 60.7 Å². The summed E-state index contributed by atoms with van der Waals surface area (Å²) in [5.41, 5.74) is 3.50. The van der Waals surface area contributed by atoms with E-state index in [4.69, 9.17) is 0 Å². The van der Waals surface area contributed by atoms with Crippen LogP contribution in [0.3, 0.4) is 0 Å². The standard InChI is InChI=1S/C24H32O3/c1-15(17-10-11-20(25)21(26)14-17)8-9-16-12-18(23(2,3)4)22(27)19(13-16)24(5,6)7/h8-15,25-27H,1-7H3/b9-8+. The van der Waals surface area contributed by atoms with Gasteiger partial charge in [0, 0.05) is 11.1 Å². The average molecular weight is 369 g/mol. The summed E-state index contributed by atoms with van der Waals surface area (Å²) in [5.74, 6) is 0.227. The van der Waals surface area contributed by atoms with Gasteiger partial charge in [0.2, 0.25) is 0 Å². The van der Waals surface area contributed by atoms with Gasteiger partial charge < -0.3 is 15.3 Å². The monoisotopic (exact) mass is 368 g/mol. The van der Waals surface area contributed by atoms with Crippen LogP contribution in [-0.2, 0) is 10.8 Å². The van der Waals surface area contributed by atoms with E-state index in [1.807, 2.05) is 25.1 Å². The summed E-state index contributed by atoms with van der Waals surface area (Å²) in [6.07, 6.45) is 4.12. The predicted octanol–water partition coefficient (Wildman–Crippen LogP) is 6.22. The fraction of sp³-hybridized carbons (Fsp3) is 0.417. The Hall–Kier alpha value is -2.42. The molecule has 0 aliphatic heterocycles. The third kappa shape index (κ3) is 4.85. The van der Waals surface area contributed by atoms with Crippen molar-refractivity contribution in [2.24, 2.45) is 0 Å². The van der Waals surface area contributed by atoms with Gasteiger partial charge >= 0.3 is 0 Å². The van der Waals surface area contributed by atoms with E-state index in [1.54, 1.807) is 6.07 Å². The molecule has 1 atom stereocenters. The highest BCUT2D eigenvalue weighted by atomic mass is 16.3. The number of allylic oxidation sites excluding steroid dienone is 1. The van der Waals surface area contributed by atoms with E-state index in [1.165, 1.54) is 6.07 Å². The number of benzene rings is 2. The van der Waals surface area contributed by atoms with Crippen molar-refractivity contribution in [3.8, 4) is 17.2 Å². The zero-order chi connectivity index (χ0) is 20.6. The summed E-state index contributed by atoms with van der Waals surface area (Å²) in [6.45, 7) is 14.6. The van der Waals surface area contributed by atoms with Gasteiger partial charge in [-0.25, -0.2) is 0 Å². The molecule has 2 rings (SSSR count). The van der Waals surface area contributed by atoms with Crippen molar-refractivity contribution in [1.29, 1.82) is 0 Å². The van der Waals surface area contributed by atoms with Gasteiger partial charge in [-0.15, -0.1) is 0 Å². The molecular formula is C24H32O3. The molecule has 0 aromatic heterocycles. The van der Waals surface area contributed by atoms with E-state index in [-0.39, 0.29) is 28.2 Å². The Kier molecular flexibility index (Phi) is 5.65. The summed E-state index contributed by atoms with van der Waals surface area (Å²) in [4.78, 5) is 0. The maximum Gasteiger partial charge on any atom is 0.157 e. The molecule has 0 fully saturated rings. The summed E-state index contributed by atoms with van der Waals surface area (Å²) < 4.78 is 0. The summed E-state index contributed by atoms with van der Waals surface area (Å²) in [5, 5.41) is 30.0. The molecule has 0 saturated carbocycles. The van der Waals surface area contributed by atoms with Gasteiger partial charge in [-0.2, -0.15) is 0 Å². The SMILES string of the molecule is CC(/C=C/c1cc(C(C)(C)C)c(O)c(C(C)(C)C)c1)c1ccc(O)c(O)c1. The van der Waals surface area contributed by atoms with Crippen molar-refractivity contribution >= 4 is 6.08 Å². The van der Waals surface area contributed by atoms with Gasteiger partial charge in [-0.05, 0) is 52.1 Å². The molecule has 3 N–H and O–H groups in total. The van der Waals surface area contributed by atoms with Crippen LogP contribution in [0.25, 0.3) is 6.08 Å². The third-order valence-electron chi connectivity index (χ3n) is 4.85. The molecular weight excluding hydrogens is 336 g/mol. The molecule has 3 heteroatoms. The lowest BCUT2D eigenvalue weighted by atomic mass is 9.78. The normalized spacial score (nSPS) is 13.9.